The van der Waals surface area contributed by atoms with Crippen LogP contribution in [-0.4, -0.2) is 75.7 Å². The zero-order chi connectivity index (χ0) is 23.0. The molecule has 31 heavy (non-hydrogen) atoms. The van der Waals surface area contributed by atoms with Crippen molar-refractivity contribution in [3.05, 3.63) is 29.8 Å². The second-order valence-corrected chi connectivity index (χ2v) is 12.5. The molecule has 1 heterocycles. The number of ether oxygens (including phenoxy) is 1. The Labute approximate surface area is 185 Å². The van der Waals surface area contributed by atoms with Crippen LogP contribution in [0.1, 0.15) is 38.7 Å². The van der Waals surface area contributed by atoms with E-state index < -0.39 is 32.2 Å². The molecule has 0 unspecified atom stereocenters. The first-order valence-electron chi connectivity index (χ1n) is 10.5. The van der Waals surface area contributed by atoms with Crippen LogP contribution in [0.15, 0.2) is 29.2 Å². The van der Waals surface area contributed by atoms with Crippen LogP contribution in [0.5, 0.6) is 5.75 Å². The van der Waals surface area contributed by atoms with E-state index in [2.05, 4.69) is 6.08 Å². The standard InChI is InChI=1S/C21H32N2O6S2/c1-15-12-23(16(2)14-24)31(27,28)21-10-9-18(17-7-5-6-8-17)11-19(21)29-20(15)13-22(3)30(4,25)26/h7,9-11,15-16,20,24H,5-6,8,12-14H2,1-4H3/t15-,16-,20-/m1/s1. The maximum atomic E-state index is 13.5. The van der Waals surface area contributed by atoms with Crippen LogP contribution >= 0.6 is 0 Å². The SMILES string of the molecule is C[C@@H]1CN([C@H](C)CO)S(=O)(=O)c2ccc(C3=CCCC3)cc2O[C@@H]1CN(C)S(C)(=O)=O. The van der Waals surface area contributed by atoms with Crippen molar-refractivity contribution in [3.63, 3.8) is 0 Å². The van der Waals surface area contributed by atoms with E-state index in [0.717, 1.165) is 36.7 Å². The van der Waals surface area contributed by atoms with Gasteiger partial charge in [0, 0.05) is 25.6 Å². The Morgan fingerprint density at radius 2 is 2.06 bits per heavy atom. The fraction of sp³-hybridized carbons (Fsp3) is 0.619. The molecule has 8 nitrogen and oxygen atoms in total. The molecule has 3 rings (SSSR count). The Balaban J connectivity index is 2.10. The summed E-state index contributed by atoms with van der Waals surface area (Å²) in [4.78, 5) is 0.0362. The van der Waals surface area contributed by atoms with Crippen molar-refractivity contribution >= 4 is 25.6 Å². The average Bonchev–Trinajstić information content (AvgIpc) is 3.23. The van der Waals surface area contributed by atoms with Crippen molar-refractivity contribution in [1.29, 1.82) is 0 Å². The van der Waals surface area contributed by atoms with Gasteiger partial charge in [-0.2, -0.15) is 4.31 Å². The Bertz CT molecular complexity index is 1050. The van der Waals surface area contributed by atoms with Crippen LogP contribution in [0.2, 0.25) is 0 Å². The average molecular weight is 473 g/mol. The van der Waals surface area contributed by atoms with E-state index in [1.807, 2.05) is 6.92 Å². The van der Waals surface area contributed by atoms with Crippen LogP contribution in [0, 0.1) is 5.92 Å². The first-order chi connectivity index (χ1) is 14.4. The van der Waals surface area contributed by atoms with Gasteiger partial charge in [-0.25, -0.2) is 21.1 Å². The van der Waals surface area contributed by atoms with Crippen LogP contribution in [0.3, 0.4) is 0 Å². The van der Waals surface area contributed by atoms with E-state index in [4.69, 9.17) is 4.74 Å². The largest absolute Gasteiger partial charge is 0.487 e. The van der Waals surface area contributed by atoms with Crippen molar-refractivity contribution in [3.8, 4) is 5.75 Å². The second kappa shape index (κ2) is 9.19. The summed E-state index contributed by atoms with van der Waals surface area (Å²) in [7, 11) is -5.86. The zero-order valence-corrected chi connectivity index (χ0v) is 20.1. The number of allylic oxidation sites excluding steroid dienone is 2. The van der Waals surface area contributed by atoms with Crippen molar-refractivity contribution in [1.82, 2.24) is 8.61 Å². The number of aliphatic hydroxyl groups excluding tert-OH is 1. The Hall–Kier alpha value is -1.46. The third-order valence-electron chi connectivity index (χ3n) is 6.08. The number of rotatable bonds is 6. The molecule has 3 atom stereocenters. The molecule has 0 amide bonds. The highest BCUT2D eigenvalue weighted by molar-refractivity contribution is 7.89. The normalized spacial score (nSPS) is 25.3. The Kier molecular flexibility index (Phi) is 7.17. The van der Waals surface area contributed by atoms with Gasteiger partial charge in [-0.05, 0) is 49.5 Å². The lowest BCUT2D eigenvalue weighted by Crippen LogP contribution is -2.50. The molecule has 174 valence electrons. The molecule has 1 aromatic rings. The number of hydrogen-bond acceptors (Lipinski definition) is 6. The molecule has 2 aliphatic rings. The first-order valence-corrected chi connectivity index (χ1v) is 13.8. The summed E-state index contributed by atoms with van der Waals surface area (Å²) in [6.45, 7) is 3.37. The molecule has 0 spiro atoms. The van der Waals surface area contributed by atoms with Crippen LogP contribution in [-0.2, 0) is 20.0 Å². The van der Waals surface area contributed by atoms with Crippen LogP contribution in [0.4, 0.5) is 0 Å². The highest BCUT2D eigenvalue weighted by Gasteiger charge is 2.38. The summed E-state index contributed by atoms with van der Waals surface area (Å²) in [6.07, 6.45) is 5.70. The van der Waals surface area contributed by atoms with E-state index in [1.165, 1.54) is 15.7 Å². The molecule has 10 heteroatoms. The van der Waals surface area contributed by atoms with Crippen LogP contribution in [0.25, 0.3) is 5.57 Å². The lowest BCUT2D eigenvalue weighted by atomic mass is 10.0. The summed E-state index contributed by atoms with van der Waals surface area (Å²) < 4.78 is 59.6. The lowest BCUT2D eigenvalue weighted by molar-refractivity contribution is 0.0905. The van der Waals surface area contributed by atoms with E-state index in [-0.39, 0.29) is 36.3 Å². The molecular formula is C21H32N2O6S2. The molecular weight excluding hydrogens is 440 g/mol. The number of benzene rings is 1. The van der Waals surface area contributed by atoms with Gasteiger partial charge >= 0.3 is 0 Å². The third-order valence-corrected chi connectivity index (χ3v) is 9.38. The molecule has 0 radical (unpaired) electrons. The lowest BCUT2D eigenvalue weighted by Gasteiger charge is -2.37. The molecule has 1 N–H and O–H groups in total. The van der Waals surface area contributed by atoms with Gasteiger partial charge in [0.25, 0.3) is 0 Å². The second-order valence-electron chi connectivity index (χ2n) is 8.57. The summed E-state index contributed by atoms with van der Waals surface area (Å²) >= 11 is 0. The topological polar surface area (TPSA) is 104 Å². The maximum Gasteiger partial charge on any atom is 0.247 e. The van der Waals surface area contributed by atoms with Crippen molar-refractivity contribution in [2.45, 2.75) is 50.2 Å². The molecule has 0 saturated heterocycles. The number of likely N-dealkylation sites (N-methyl/N-ethyl adjacent to an activating group) is 1. The number of aliphatic hydroxyl groups is 1. The zero-order valence-electron chi connectivity index (χ0n) is 18.5. The number of hydrogen-bond donors (Lipinski definition) is 1. The van der Waals surface area contributed by atoms with Gasteiger partial charge in [0.2, 0.25) is 20.0 Å². The van der Waals surface area contributed by atoms with Crippen molar-refractivity contribution < 1.29 is 26.7 Å². The van der Waals surface area contributed by atoms with Gasteiger partial charge in [-0.3, -0.25) is 0 Å². The van der Waals surface area contributed by atoms with E-state index >= 15 is 0 Å². The minimum atomic E-state index is -3.91. The van der Waals surface area contributed by atoms with Gasteiger partial charge < -0.3 is 9.84 Å². The summed E-state index contributed by atoms with van der Waals surface area (Å²) in [6, 6.07) is 4.48. The molecule has 0 bridgehead atoms. The molecule has 0 fully saturated rings. The number of sulfonamides is 2. The number of fused-ring (bicyclic) bond motifs is 1. The minimum absolute atomic E-state index is 0.0362. The monoisotopic (exact) mass is 472 g/mol. The Morgan fingerprint density at radius 1 is 1.35 bits per heavy atom. The summed E-state index contributed by atoms with van der Waals surface area (Å²) in [5, 5.41) is 9.69. The van der Waals surface area contributed by atoms with Gasteiger partial charge in [-0.1, -0.05) is 19.1 Å². The minimum Gasteiger partial charge on any atom is -0.487 e. The van der Waals surface area contributed by atoms with E-state index in [9.17, 15) is 21.9 Å². The van der Waals surface area contributed by atoms with Crippen molar-refractivity contribution in [2.24, 2.45) is 5.92 Å². The molecule has 1 aromatic carbocycles. The van der Waals surface area contributed by atoms with Crippen LogP contribution < -0.4 is 4.74 Å². The van der Waals surface area contributed by atoms with Gasteiger partial charge in [-0.15, -0.1) is 0 Å². The maximum absolute atomic E-state index is 13.5. The summed E-state index contributed by atoms with van der Waals surface area (Å²) in [5.41, 5.74) is 2.07. The predicted molar refractivity (Wildman–Crippen MR) is 120 cm³/mol. The molecule has 0 aromatic heterocycles. The van der Waals surface area contributed by atoms with E-state index in [0.29, 0.717) is 0 Å². The van der Waals surface area contributed by atoms with Gasteiger partial charge in [0.15, 0.2) is 0 Å². The van der Waals surface area contributed by atoms with Crippen molar-refractivity contribution in [2.75, 3.05) is 33.0 Å². The van der Waals surface area contributed by atoms with E-state index in [1.54, 1.807) is 25.1 Å². The fourth-order valence-electron chi connectivity index (χ4n) is 3.97. The quantitative estimate of drug-likeness (QED) is 0.678. The highest BCUT2D eigenvalue weighted by Crippen LogP contribution is 2.37. The third kappa shape index (κ3) is 5.14. The predicted octanol–water partition coefficient (Wildman–Crippen LogP) is 1.91. The van der Waals surface area contributed by atoms with Gasteiger partial charge in [0.05, 0.1) is 19.4 Å². The number of nitrogens with zero attached hydrogens (tertiary/aromatic N) is 2. The van der Waals surface area contributed by atoms with Gasteiger partial charge in [0.1, 0.15) is 16.7 Å². The highest BCUT2D eigenvalue weighted by atomic mass is 32.2. The Morgan fingerprint density at radius 3 is 2.65 bits per heavy atom. The molecule has 1 aliphatic carbocycles. The smallest absolute Gasteiger partial charge is 0.247 e. The fourth-order valence-corrected chi connectivity index (χ4v) is 6.21. The summed E-state index contributed by atoms with van der Waals surface area (Å²) in [5.74, 6) is -0.0885. The molecule has 1 aliphatic heterocycles. The molecule has 0 saturated carbocycles. The first kappa shape index (κ1) is 24.2.